The Kier molecular flexibility index (Phi) is 5.99. The molecule has 1 fully saturated rings. The molecule has 1 aliphatic rings. The third-order valence-electron chi connectivity index (χ3n) is 4.90. The minimum atomic E-state index is 0.579. The van der Waals surface area contributed by atoms with Gasteiger partial charge in [-0.05, 0) is 55.5 Å². The van der Waals surface area contributed by atoms with Gasteiger partial charge in [-0.1, -0.05) is 47.5 Å². The summed E-state index contributed by atoms with van der Waals surface area (Å²) in [4.78, 5) is 0. The number of nitrogens with one attached hydrogen (secondary N) is 1. The molecule has 0 heterocycles. The molecule has 0 aromatic carbocycles. The van der Waals surface area contributed by atoms with E-state index < -0.39 is 0 Å². The molecule has 1 aliphatic carbocycles. The first kappa shape index (κ1) is 15.0. The SMILES string of the molecule is CCNCC1CCC(C)(C)CC1C(CC)CC. The number of rotatable bonds is 6. The zero-order chi connectivity index (χ0) is 12.9. The first-order valence-corrected chi connectivity index (χ1v) is 7.74. The van der Waals surface area contributed by atoms with Crippen LogP contribution in [-0.2, 0) is 0 Å². The van der Waals surface area contributed by atoms with Crippen molar-refractivity contribution in [1.82, 2.24) is 5.32 Å². The van der Waals surface area contributed by atoms with Crippen LogP contribution in [0, 0.1) is 23.2 Å². The largest absolute Gasteiger partial charge is 0.317 e. The highest BCUT2D eigenvalue weighted by Crippen LogP contribution is 2.46. The van der Waals surface area contributed by atoms with E-state index in [0.29, 0.717) is 5.41 Å². The second-order valence-electron chi connectivity index (χ2n) is 6.72. The van der Waals surface area contributed by atoms with Crippen LogP contribution < -0.4 is 5.32 Å². The van der Waals surface area contributed by atoms with Gasteiger partial charge in [0.15, 0.2) is 0 Å². The van der Waals surface area contributed by atoms with E-state index >= 15 is 0 Å². The molecule has 0 spiro atoms. The minimum absolute atomic E-state index is 0.579. The molecule has 1 N–H and O–H groups in total. The van der Waals surface area contributed by atoms with E-state index in [1.807, 2.05) is 0 Å². The summed E-state index contributed by atoms with van der Waals surface area (Å²) < 4.78 is 0. The molecule has 0 saturated heterocycles. The lowest BCUT2D eigenvalue weighted by atomic mass is 9.62. The van der Waals surface area contributed by atoms with Gasteiger partial charge in [-0.2, -0.15) is 0 Å². The molecule has 0 amide bonds. The van der Waals surface area contributed by atoms with Gasteiger partial charge in [0.2, 0.25) is 0 Å². The summed E-state index contributed by atoms with van der Waals surface area (Å²) in [6.45, 7) is 14.3. The third-order valence-corrected chi connectivity index (χ3v) is 4.90. The van der Waals surface area contributed by atoms with Crippen molar-refractivity contribution < 1.29 is 0 Å². The van der Waals surface area contributed by atoms with Crippen LogP contribution in [0.5, 0.6) is 0 Å². The van der Waals surface area contributed by atoms with Crippen molar-refractivity contribution in [3.05, 3.63) is 0 Å². The Bertz CT molecular complexity index is 206. The summed E-state index contributed by atoms with van der Waals surface area (Å²) in [5, 5.41) is 3.58. The highest BCUT2D eigenvalue weighted by Gasteiger charge is 2.37. The topological polar surface area (TPSA) is 12.0 Å². The zero-order valence-electron chi connectivity index (χ0n) is 12.7. The summed E-state index contributed by atoms with van der Waals surface area (Å²) in [7, 11) is 0. The summed E-state index contributed by atoms with van der Waals surface area (Å²) in [5.41, 5.74) is 0.579. The zero-order valence-corrected chi connectivity index (χ0v) is 12.7. The van der Waals surface area contributed by atoms with Gasteiger partial charge in [0.1, 0.15) is 0 Å². The molecule has 0 aromatic rings. The number of hydrogen-bond acceptors (Lipinski definition) is 1. The van der Waals surface area contributed by atoms with E-state index in [9.17, 15) is 0 Å². The van der Waals surface area contributed by atoms with E-state index in [2.05, 4.69) is 39.9 Å². The van der Waals surface area contributed by atoms with Gasteiger partial charge in [-0.15, -0.1) is 0 Å². The Hall–Kier alpha value is -0.0400. The highest BCUT2D eigenvalue weighted by atomic mass is 14.8. The summed E-state index contributed by atoms with van der Waals surface area (Å²) in [6, 6.07) is 0. The average Bonchev–Trinajstić information content (AvgIpc) is 2.29. The predicted molar refractivity (Wildman–Crippen MR) is 77.2 cm³/mol. The average molecular weight is 239 g/mol. The smallest absolute Gasteiger partial charge is 0.00179 e. The van der Waals surface area contributed by atoms with Crippen molar-refractivity contribution in [3.63, 3.8) is 0 Å². The molecule has 0 radical (unpaired) electrons. The van der Waals surface area contributed by atoms with Gasteiger partial charge in [-0.3, -0.25) is 0 Å². The second-order valence-corrected chi connectivity index (χ2v) is 6.72. The minimum Gasteiger partial charge on any atom is -0.317 e. The maximum absolute atomic E-state index is 3.58. The van der Waals surface area contributed by atoms with Crippen molar-refractivity contribution in [2.75, 3.05) is 13.1 Å². The van der Waals surface area contributed by atoms with Gasteiger partial charge in [-0.25, -0.2) is 0 Å². The van der Waals surface area contributed by atoms with Gasteiger partial charge >= 0.3 is 0 Å². The van der Waals surface area contributed by atoms with Crippen LogP contribution >= 0.6 is 0 Å². The fraction of sp³-hybridized carbons (Fsp3) is 1.00. The van der Waals surface area contributed by atoms with E-state index in [0.717, 1.165) is 24.3 Å². The lowest BCUT2D eigenvalue weighted by Gasteiger charge is -2.44. The Morgan fingerprint density at radius 1 is 1.18 bits per heavy atom. The van der Waals surface area contributed by atoms with E-state index in [1.54, 1.807) is 0 Å². The van der Waals surface area contributed by atoms with Crippen LogP contribution in [0.2, 0.25) is 0 Å². The second kappa shape index (κ2) is 6.78. The Labute approximate surface area is 109 Å². The highest BCUT2D eigenvalue weighted by molar-refractivity contribution is 4.88. The van der Waals surface area contributed by atoms with Crippen LogP contribution in [0.4, 0.5) is 0 Å². The molecule has 102 valence electrons. The van der Waals surface area contributed by atoms with Crippen LogP contribution in [0.1, 0.15) is 66.7 Å². The standard InChI is InChI=1S/C16H33N/c1-6-13(7-2)15-11-16(4,5)10-9-14(15)12-17-8-3/h13-15,17H,6-12H2,1-5H3. The maximum atomic E-state index is 3.58. The van der Waals surface area contributed by atoms with Crippen molar-refractivity contribution in [3.8, 4) is 0 Å². The van der Waals surface area contributed by atoms with Gasteiger partial charge in [0.25, 0.3) is 0 Å². The predicted octanol–water partition coefficient (Wildman–Crippen LogP) is 4.47. The van der Waals surface area contributed by atoms with Crippen LogP contribution in [0.3, 0.4) is 0 Å². The molecule has 1 saturated carbocycles. The molecule has 2 unspecified atom stereocenters. The molecule has 1 heteroatoms. The third kappa shape index (κ3) is 4.28. The van der Waals surface area contributed by atoms with Gasteiger partial charge in [0.05, 0.1) is 0 Å². The molecule has 2 atom stereocenters. The normalized spacial score (nSPS) is 28.6. The van der Waals surface area contributed by atoms with Crippen molar-refractivity contribution >= 4 is 0 Å². The molecule has 0 bridgehead atoms. The maximum Gasteiger partial charge on any atom is -0.00179 e. The summed E-state index contributed by atoms with van der Waals surface area (Å²) >= 11 is 0. The Morgan fingerprint density at radius 3 is 2.35 bits per heavy atom. The fourth-order valence-electron chi connectivity index (χ4n) is 3.73. The number of hydrogen-bond donors (Lipinski definition) is 1. The monoisotopic (exact) mass is 239 g/mol. The van der Waals surface area contributed by atoms with E-state index in [-0.39, 0.29) is 0 Å². The van der Waals surface area contributed by atoms with Crippen LogP contribution in [-0.4, -0.2) is 13.1 Å². The van der Waals surface area contributed by atoms with Crippen molar-refractivity contribution in [1.29, 1.82) is 0 Å². The molecule has 17 heavy (non-hydrogen) atoms. The van der Waals surface area contributed by atoms with Crippen molar-refractivity contribution in [2.45, 2.75) is 66.7 Å². The first-order chi connectivity index (χ1) is 8.04. The summed E-state index contributed by atoms with van der Waals surface area (Å²) in [5.74, 6) is 2.82. The lowest BCUT2D eigenvalue weighted by Crippen LogP contribution is -2.39. The van der Waals surface area contributed by atoms with Crippen LogP contribution in [0.25, 0.3) is 0 Å². The van der Waals surface area contributed by atoms with E-state index in [4.69, 9.17) is 0 Å². The molecule has 1 nitrogen and oxygen atoms in total. The van der Waals surface area contributed by atoms with E-state index in [1.165, 1.54) is 38.6 Å². The lowest BCUT2D eigenvalue weighted by molar-refractivity contribution is 0.0697. The quantitative estimate of drug-likeness (QED) is 0.721. The molecular weight excluding hydrogens is 206 g/mol. The molecule has 1 rings (SSSR count). The summed E-state index contributed by atoms with van der Waals surface area (Å²) in [6.07, 6.45) is 7.01. The fourth-order valence-corrected chi connectivity index (χ4v) is 3.73. The Morgan fingerprint density at radius 2 is 1.82 bits per heavy atom. The Balaban J connectivity index is 2.67. The van der Waals surface area contributed by atoms with Crippen molar-refractivity contribution in [2.24, 2.45) is 23.2 Å². The molecule has 0 aliphatic heterocycles. The molecule has 0 aromatic heterocycles. The first-order valence-electron chi connectivity index (χ1n) is 7.74. The van der Waals surface area contributed by atoms with Gasteiger partial charge < -0.3 is 5.32 Å². The van der Waals surface area contributed by atoms with Gasteiger partial charge in [0, 0.05) is 0 Å². The van der Waals surface area contributed by atoms with Crippen LogP contribution in [0.15, 0.2) is 0 Å². The molecular formula is C16H33N.